The average molecular weight is 306 g/mol. The fraction of sp³-hybridized carbons (Fsp3) is 0.500. The Labute approximate surface area is 128 Å². The number of aromatic nitrogens is 4. The van der Waals surface area contributed by atoms with Crippen LogP contribution in [0.5, 0.6) is 0 Å². The van der Waals surface area contributed by atoms with E-state index in [0.29, 0.717) is 10.8 Å². The molecule has 2 aromatic heterocycles. The first-order chi connectivity index (χ1) is 9.79. The van der Waals surface area contributed by atoms with Crippen LogP contribution in [0.15, 0.2) is 24.4 Å². The molecular weight excluding hydrogens is 288 g/mol. The van der Waals surface area contributed by atoms with Gasteiger partial charge in [-0.2, -0.15) is 16.9 Å². The van der Waals surface area contributed by atoms with E-state index < -0.39 is 0 Å². The summed E-state index contributed by atoms with van der Waals surface area (Å²) in [5.41, 5.74) is 0.881. The standard InChI is InChI=1S/C14H18N4S2/c1-20-11-6-4-5-10(9-11)18-13(16-17-14(18)19)12-7-2-3-8-15-12/h2-3,7-8,10-11H,4-6,9H2,1H3,(H,17,19). The second-order valence-electron chi connectivity index (χ2n) is 5.12. The summed E-state index contributed by atoms with van der Waals surface area (Å²) in [6.07, 6.45) is 8.89. The van der Waals surface area contributed by atoms with Crippen molar-refractivity contribution >= 4 is 24.0 Å². The normalized spacial score (nSPS) is 22.9. The van der Waals surface area contributed by atoms with Crippen LogP contribution in [0.4, 0.5) is 0 Å². The molecule has 0 bridgehead atoms. The molecule has 2 aromatic rings. The van der Waals surface area contributed by atoms with Gasteiger partial charge in [-0.05, 0) is 49.9 Å². The molecule has 3 rings (SSSR count). The predicted octanol–water partition coefficient (Wildman–Crippen LogP) is 3.85. The van der Waals surface area contributed by atoms with Gasteiger partial charge in [0.15, 0.2) is 10.6 Å². The van der Waals surface area contributed by atoms with Gasteiger partial charge in [-0.3, -0.25) is 14.6 Å². The van der Waals surface area contributed by atoms with Gasteiger partial charge in [0.2, 0.25) is 0 Å². The number of H-pyrrole nitrogens is 1. The van der Waals surface area contributed by atoms with Gasteiger partial charge < -0.3 is 0 Å². The molecule has 2 atom stereocenters. The van der Waals surface area contributed by atoms with Crippen molar-refractivity contribution < 1.29 is 0 Å². The van der Waals surface area contributed by atoms with E-state index in [2.05, 4.69) is 26.0 Å². The van der Waals surface area contributed by atoms with E-state index in [0.717, 1.165) is 23.2 Å². The molecule has 1 fully saturated rings. The van der Waals surface area contributed by atoms with Gasteiger partial charge in [-0.15, -0.1) is 0 Å². The minimum absolute atomic E-state index is 0.435. The molecule has 6 heteroatoms. The molecule has 0 aromatic carbocycles. The lowest BCUT2D eigenvalue weighted by molar-refractivity contribution is 0.360. The molecule has 2 heterocycles. The lowest BCUT2D eigenvalue weighted by Gasteiger charge is -2.29. The fourth-order valence-corrected chi connectivity index (χ4v) is 3.99. The van der Waals surface area contributed by atoms with Crippen molar-refractivity contribution in [2.75, 3.05) is 6.26 Å². The number of aromatic amines is 1. The summed E-state index contributed by atoms with van der Waals surface area (Å²) >= 11 is 7.40. The van der Waals surface area contributed by atoms with Gasteiger partial charge in [0, 0.05) is 17.5 Å². The van der Waals surface area contributed by atoms with Crippen molar-refractivity contribution in [3.8, 4) is 11.5 Å². The van der Waals surface area contributed by atoms with Crippen LogP contribution >= 0.6 is 24.0 Å². The molecule has 0 saturated heterocycles. The molecule has 2 unspecified atom stereocenters. The van der Waals surface area contributed by atoms with E-state index >= 15 is 0 Å². The summed E-state index contributed by atoms with van der Waals surface area (Å²) < 4.78 is 2.87. The average Bonchev–Trinajstić information content (AvgIpc) is 2.90. The maximum atomic E-state index is 5.44. The van der Waals surface area contributed by atoms with Crippen LogP contribution in [0.3, 0.4) is 0 Å². The summed E-state index contributed by atoms with van der Waals surface area (Å²) in [4.78, 5) is 4.40. The minimum atomic E-state index is 0.435. The molecule has 106 valence electrons. The number of nitrogens with one attached hydrogen (secondary N) is 1. The van der Waals surface area contributed by atoms with Gasteiger partial charge in [0.1, 0.15) is 5.69 Å². The van der Waals surface area contributed by atoms with E-state index in [1.165, 1.54) is 19.3 Å². The highest BCUT2D eigenvalue weighted by Crippen LogP contribution is 2.35. The van der Waals surface area contributed by atoms with Gasteiger partial charge >= 0.3 is 0 Å². The highest BCUT2D eigenvalue weighted by molar-refractivity contribution is 7.99. The quantitative estimate of drug-likeness (QED) is 0.875. The van der Waals surface area contributed by atoms with E-state index in [1.54, 1.807) is 6.20 Å². The third-order valence-corrected chi connectivity index (χ3v) is 5.28. The number of thioether (sulfide) groups is 1. The smallest absolute Gasteiger partial charge is 0.195 e. The third kappa shape index (κ3) is 2.67. The lowest BCUT2D eigenvalue weighted by Crippen LogP contribution is -2.21. The van der Waals surface area contributed by atoms with Crippen LogP contribution in [0.2, 0.25) is 0 Å². The molecule has 1 saturated carbocycles. The Bertz CT molecular complexity index is 620. The van der Waals surface area contributed by atoms with Crippen molar-refractivity contribution in [2.45, 2.75) is 37.0 Å². The first kappa shape index (κ1) is 13.8. The maximum absolute atomic E-state index is 5.44. The van der Waals surface area contributed by atoms with Crippen molar-refractivity contribution in [3.63, 3.8) is 0 Å². The summed E-state index contributed by atoms with van der Waals surface area (Å²) in [7, 11) is 0. The van der Waals surface area contributed by atoms with E-state index in [9.17, 15) is 0 Å². The first-order valence-corrected chi connectivity index (χ1v) is 8.60. The van der Waals surface area contributed by atoms with Crippen molar-refractivity contribution in [2.24, 2.45) is 0 Å². The summed E-state index contributed by atoms with van der Waals surface area (Å²) in [6.45, 7) is 0. The molecule has 0 radical (unpaired) electrons. The summed E-state index contributed by atoms with van der Waals surface area (Å²) in [5, 5.41) is 8.05. The van der Waals surface area contributed by atoms with Crippen LogP contribution in [-0.4, -0.2) is 31.3 Å². The third-order valence-electron chi connectivity index (χ3n) is 3.90. The van der Waals surface area contributed by atoms with E-state index in [1.807, 2.05) is 30.0 Å². The molecule has 4 nitrogen and oxygen atoms in total. The zero-order chi connectivity index (χ0) is 13.9. The zero-order valence-electron chi connectivity index (χ0n) is 11.5. The highest BCUT2D eigenvalue weighted by Gasteiger charge is 2.25. The largest absolute Gasteiger partial charge is 0.296 e. The Hall–Kier alpha value is -1.14. The SMILES string of the molecule is CSC1CCCC(n2c(-c3ccccn3)n[nH]c2=S)C1. The Morgan fingerprint density at radius 1 is 1.40 bits per heavy atom. The number of hydrogen-bond donors (Lipinski definition) is 1. The zero-order valence-corrected chi connectivity index (χ0v) is 13.1. The lowest BCUT2D eigenvalue weighted by atomic mass is 9.94. The minimum Gasteiger partial charge on any atom is -0.296 e. The molecule has 0 spiro atoms. The van der Waals surface area contributed by atoms with Gasteiger partial charge in [-0.1, -0.05) is 12.5 Å². The number of pyridine rings is 1. The fourth-order valence-electron chi connectivity index (χ4n) is 2.89. The Morgan fingerprint density at radius 3 is 3.05 bits per heavy atom. The number of hydrogen-bond acceptors (Lipinski definition) is 4. The molecule has 20 heavy (non-hydrogen) atoms. The predicted molar refractivity (Wildman–Crippen MR) is 85.5 cm³/mol. The molecule has 0 amide bonds. The molecule has 1 N–H and O–H groups in total. The van der Waals surface area contributed by atoms with Crippen LogP contribution in [0, 0.1) is 4.77 Å². The second kappa shape index (κ2) is 6.10. The summed E-state index contributed by atoms with van der Waals surface area (Å²) in [6, 6.07) is 6.32. The van der Waals surface area contributed by atoms with E-state index in [-0.39, 0.29) is 0 Å². The number of rotatable bonds is 3. The van der Waals surface area contributed by atoms with Gasteiger partial charge in [0.25, 0.3) is 0 Å². The van der Waals surface area contributed by atoms with Crippen LogP contribution < -0.4 is 0 Å². The monoisotopic (exact) mass is 306 g/mol. The maximum Gasteiger partial charge on any atom is 0.195 e. The number of nitrogens with zero attached hydrogens (tertiary/aromatic N) is 3. The molecule has 0 aliphatic heterocycles. The van der Waals surface area contributed by atoms with Crippen LogP contribution in [0.25, 0.3) is 11.5 Å². The highest BCUT2D eigenvalue weighted by atomic mass is 32.2. The van der Waals surface area contributed by atoms with Crippen molar-refractivity contribution in [1.29, 1.82) is 0 Å². The topological polar surface area (TPSA) is 46.5 Å². The Morgan fingerprint density at radius 2 is 2.30 bits per heavy atom. The van der Waals surface area contributed by atoms with Gasteiger partial charge in [0.05, 0.1) is 0 Å². The second-order valence-corrected chi connectivity index (χ2v) is 6.64. The molecular formula is C14H18N4S2. The molecule has 1 aliphatic rings. The van der Waals surface area contributed by atoms with Gasteiger partial charge in [-0.25, -0.2) is 0 Å². The van der Waals surface area contributed by atoms with E-state index in [4.69, 9.17) is 12.2 Å². The van der Waals surface area contributed by atoms with Crippen LogP contribution in [0.1, 0.15) is 31.7 Å². The Kier molecular flexibility index (Phi) is 4.21. The van der Waals surface area contributed by atoms with Crippen molar-refractivity contribution in [1.82, 2.24) is 19.7 Å². The molecule has 1 aliphatic carbocycles. The first-order valence-electron chi connectivity index (χ1n) is 6.90. The van der Waals surface area contributed by atoms with Crippen LogP contribution in [-0.2, 0) is 0 Å². The Balaban J connectivity index is 1.97. The van der Waals surface area contributed by atoms with Crippen molar-refractivity contribution in [3.05, 3.63) is 29.2 Å². The summed E-state index contributed by atoms with van der Waals surface area (Å²) in [5.74, 6) is 0.863.